The van der Waals surface area contributed by atoms with Gasteiger partial charge in [0.2, 0.25) is 5.78 Å². The number of hydrogen-bond acceptors (Lipinski definition) is 8. The molecule has 7 N–H and O–H groups in total. The molecule has 188 valence electrons. The number of primary amides is 1. The van der Waals surface area contributed by atoms with E-state index in [1.54, 1.807) is 0 Å². The van der Waals surface area contributed by atoms with Gasteiger partial charge >= 0.3 is 0 Å². The van der Waals surface area contributed by atoms with Crippen molar-refractivity contribution >= 4 is 23.2 Å². The maximum Gasteiger partial charge on any atom is 0.255 e. The van der Waals surface area contributed by atoms with Crippen LogP contribution in [0.15, 0.2) is 23.0 Å². The van der Waals surface area contributed by atoms with Crippen LogP contribution in [-0.4, -0.2) is 50.0 Å². The molecule has 1 aromatic carbocycles. The molecule has 3 aliphatic rings. The van der Waals surface area contributed by atoms with Gasteiger partial charge in [0.25, 0.3) is 5.91 Å². The van der Waals surface area contributed by atoms with E-state index in [9.17, 15) is 39.2 Å². The number of aromatic hydroxyl groups is 1. The second-order valence-corrected chi connectivity index (χ2v) is 9.99. The molecule has 35 heavy (non-hydrogen) atoms. The summed E-state index contributed by atoms with van der Waals surface area (Å²) >= 11 is 0. The summed E-state index contributed by atoms with van der Waals surface area (Å²) in [5, 5.41) is 46.8. The van der Waals surface area contributed by atoms with E-state index in [4.69, 9.17) is 5.73 Å². The van der Waals surface area contributed by atoms with Crippen molar-refractivity contribution in [2.45, 2.75) is 51.7 Å². The Morgan fingerprint density at radius 2 is 1.94 bits per heavy atom. The Hall–Kier alpha value is -3.24. The minimum atomic E-state index is -2.62. The molecule has 0 saturated heterocycles. The molecule has 0 aromatic heterocycles. The SMILES string of the molecule is CC(C)CCNCc1c(F)cc2c(c1O)C(O)=C1C(=O)[C@]3(O)C(O)=C(C(N)=O)C(=O)C[C@@H]3CC1C2. The number of nitrogens with one attached hydrogen (secondary N) is 1. The highest BCUT2D eigenvalue weighted by Gasteiger charge is 2.60. The van der Waals surface area contributed by atoms with E-state index >= 15 is 0 Å². The fourth-order valence-corrected chi connectivity index (χ4v) is 5.45. The van der Waals surface area contributed by atoms with Crippen molar-refractivity contribution in [3.05, 3.63) is 45.5 Å². The van der Waals surface area contributed by atoms with E-state index < -0.39 is 70.0 Å². The van der Waals surface area contributed by atoms with Gasteiger partial charge in [-0.2, -0.15) is 0 Å². The first-order valence-electron chi connectivity index (χ1n) is 11.6. The fraction of sp³-hybridized carbons (Fsp3) is 0.480. The Morgan fingerprint density at radius 3 is 2.57 bits per heavy atom. The Balaban J connectivity index is 1.78. The van der Waals surface area contributed by atoms with Gasteiger partial charge in [-0.05, 0) is 49.3 Å². The zero-order chi connectivity index (χ0) is 25.8. The van der Waals surface area contributed by atoms with E-state index in [2.05, 4.69) is 5.32 Å². The van der Waals surface area contributed by atoms with Gasteiger partial charge in [-0.1, -0.05) is 13.8 Å². The molecule has 0 aliphatic heterocycles. The van der Waals surface area contributed by atoms with Gasteiger partial charge in [-0.15, -0.1) is 0 Å². The van der Waals surface area contributed by atoms with E-state index in [1.807, 2.05) is 13.8 Å². The number of hydrogen-bond donors (Lipinski definition) is 6. The van der Waals surface area contributed by atoms with E-state index in [1.165, 1.54) is 6.07 Å². The molecular weight excluding hydrogens is 459 g/mol. The molecule has 4 rings (SSSR count). The van der Waals surface area contributed by atoms with E-state index in [-0.39, 0.29) is 41.6 Å². The average Bonchev–Trinajstić information content (AvgIpc) is 2.74. The number of carbonyl (C=O) groups is 3. The molecular formula is C25H29FN2O7. The highest BCUT2D eigenvalue weighted by molar-refractivity contribution is 6.22. The van der Waals surface area contributed by atoms with Gasteiger partial charge in [0.1, 0.15) is 28.7 Å². The van der Waals surface area contributed by atoms with Crippen molar-refractivity contribution < 1.29 is 39.2 Å². The Kier molecular flexibility index (Phi) is 6.23. The normalized spacial score (nSPS) is 26.1. The summed E-state index contributed by atoms with van der Waals surface area (Å²) in [7, 11) is 0. The van der Waals surface area contributed by atoms with Gasteiger partial charge in [0, 0.05) is 30.0 Å². The van der Waals surface area contributed by atoms with Crippen LogP contribution in [0, 0.1) is 23.6 Å². The van der Waals surface area contributed by atoms with Crippen molar-refractivity contribution in [2.24, 2.45) is 23.5 Å². The zero-order valence-electron chi connectivity index (χ0n) is 19.5. The smallest absolute Gasteiger partial charge is 0.255 e. The molecule has 1 unspecified atom stereocenters. The molecule has 9 nitrogen and oxygen atoms in total. The van der Waals surface area contributed by atoms with Gasteiger partial charge in [-0.25, -0.2) is 4.39 Å². The average molecular weight is 489 g/mol. The number of aliphatic hydroxyl groups excluding tert-OH is 2. The van der Waals surface area contributed by atoms with Crippen LogP contribution < -0.4 is 11.1 Å². The molecule has 3 aliphatic carbocycles. The van der Waals surface area contributed by atoms with Crippen LogP contribution in [0.1, 0.15) is 49.8 Å². The lowest BCUT2D eigenvalue weighted by molar-refractivity contribution is -0.147. The topological polar surface area (TPSA) is 170 Å². The largest absolute Gasteiger partial charge is 0.508 e. The number of ketones is 2. The number of benzene rings is 1. The van der Waals surface area contributed by atoms with Crippen molar-refractivity contribution in [3.8, 4) is 5.75 Å². The third-order valence-corrected chi connectivity index (χ3v) is 7.31. The van der Waals surface area contributed by atoms with Gasteiger partial charge in [0.15, 0.2) is 11.4 Å². The number of rotatable bonds is 6. The van der Waals surface area contributed by atoms with Crippen LogP contribution in [0.4, 0.5) is 4.39 Å². The summed E-state index contributed by atoms with van der Waals surface area (Å²) < 4.78 is 14.9. The van der Waals surface area contributed by atoms with Crippen molar-refractivity contribution in [2.75, 3.05) is 6.54 Å². The number of phenolic OH excluding ortho intramolecular Hbond substituents is 1. The Morgan fingerprint density at radius 1 is 1.26 bits per heavy atom. The van der Waals surface area contributed by atoms with Crippen LogP contribution in [0.5, 0.6) is 5.75 Å². The maximum atomic E-state index is 14.9. The van der Waals surface area contributed by atoms with Crippen LogP contribution in [0.25, 0.3) is 5.76 Å². The number of halogens is 1. The predicted octanol–water partition coefficient (Wildman–Crippen LogP) is 1.70. The molecule has 0 spiro atoms. The molecule has 10 heteroatoms. The lowest BCUT2D eigenvalue weighted by Gasteiger charge is -2.46. The number of phenols is 1. The zero-order valence-corrected chi connectivity index (χ0v) is 19.5. The molecule has 3 atom stereocenters. The monoisotopic (exact) mass is 488 g/mol. The maximum absolute atomic E-state index is 14.9. The molecule has 0 radical (unpaired) electrons. The Labute approximate surface area is 201 Å². The summed E-state index contributed by atoms with van der Waals surface area (Å²) in [4.78, 5) is 37.5. The number of aliphatic hydroxyl groups is 3. The molecule has 1 fully saturated rings. The van der Waals surface area contributed by atoms with Crippen molar-refractivity contribution in [1.29, 1.82) is 0 Å². The number of nitrogens with two attached hydrogens (primary N) is 1. The highest BCUT2D eigenvalue weighted by Crippen LogP contribution is 2.52. The van der Waals surface area contributed by atoms with E-state index in [0.717, 1.165) is 6.42 Å². The standard InChI is InChI=1S/C25H29FN2O7/c1-10(2)3-4-28-9-14-15(26)7-12-5-11-6-13-8-16(29)19(24(27)34)23(33)25(13,35)22(32)18(11)21(31)17(12)20(14)30/h7,10-11,13,28,30-31,33,35H,3-6,8-9H2,1-2H3,(H2,27,34)/t11?,13-,25-/m0/s1. The molecule has 1 saturated carbocycles. The third kappa shape index (κ3) is 3.81. The second-order valence-electron chi connectivity index (χ2n) is 9.99. The third-order valence-electron chi connectivity index (χ3n) is 7.31. The van der Waals surface area contributed by atoms with Crippen LogP contribution in [0.2, 0.25) is 0 Å². The van der Waals surface area contributed by atoms with Crippen LogP contribution >= 0.6 is 0 Å². The van der Waals surface area contributed by atoms with Crippen LogP contribution in [-0.2, 0) is 27.3 Å². The summed E-state index contributed by atoms with van der Waals surface area (Å²) in [6.07, 6.45) is 0.512. The van der Waals surface area contributed by atoms with Crippen molar-refractivity contribution in [1.82, 2.24) is 5.32 Å². The number of Topliss-reactive ketones (excluding diaryl/α,β-unsaturated/α-hetero) is 2. The minimum absolute atomic E-state index is 0.00270. The minimum Gasteiger partial charge on any atom is -0.508 e. The number of carbonyl (C=O) groups excluding carboxylic acids is 3. The first-order valence-corrected chi connectivity index (χ1v) is 11.6. The number of amides is 1. The van der Waals surface area contributed by atoms with E-state index in [0.29, 0.717) is 12.5 Å². The first kappa shape index (κ1) is 24.9. The highest BCUT2D eigenvalue weighted by atomic mass is 19.1. The lowest BCUT2D eigenvalue weighted by atomic mass is 9.59. The molecule has 0 heterocycles. The van der Waals surface area contributed by atoms with Gasteiger partial charge in [0.05, 0.1) is 5.56 Å². The first-order chi connectivity index (χ1) is 16.4. The summed E-state index contributed by atoms with van der Waals surface area (Å²) in [5.74, 6) is -7.39. The molecule has 0 bridgehead atoms. The second kappa shape index (κ2) is 8.76. The molecule has 1 aromatic rings. The predicted molar refractivity (Wildman–Crippen MR) is 123 cm³/mol. The Bertz CT molecular complexity index is 1200. The summed E-state index contributed by atoms with van der Waals surface area (Å²) in [6.45, 7) is 4.67. The lowest BCUT2D eigenvalue weighted by Crippen LogP contribution is -2.58. The van der Waals surface area contributed by atoms with Crippen molar-refractivity contribution in [3.63, 3.8) is 0 Å². The van der Waals surface area contributed by atoms with Crippen LogP contribution in [0.3, 0.4) is 0 Å². The van der Waals surface area contributed by atoms with Gasteiger partial charge < -0.3 is 31.5 Å². The fourth-order valence-electron chi connectivity index (χ4n) is 5.45. The van der Waals surface area contributed by atoms with Gasteiger partial charge in [-0.3, -0.25) is 14.4 Å². The molecule has 1 amide bonds. The summed E-state index contributed by atoms with van der Waals surface area (Å²) in [6, 6.07) is 1.21. The summed E-state index contributed by atoms with van der Waals surface area (Å²) in [5.41, 5.74) is 1.58. The quantitative estimate of drug-likeness (QED) is 0.260. The number of fused-ring (bicyclic) bond motifs is 3.